The van der Waals surface area contributed by atoms with Gasteiger partial charge in [0.2, 0.25) is 5.78 Å². The van der Waals surface area contributed by atoms with Crippen molar-refractivity contribution in [2.75, 3.05) is 6.61 Å². The molecule has 1 aromatic heterocycles. The SMILES string of the molecule is CC(=O)OCC(=O)C1(c2ccc(Cl)cn2)C=CC=N1. The van der Waals surface area contributed by atoms with Gasteiger partial charge in [0.05, 0.1) is 10.7 Å². The van der Waals surface area contributed by atoms with E-state index >= 15 is 0 Å². The van der Waals surface area contributed by atoms with Crippen LogP contribution in [0, 0.1) is 0 Å². The minimum atomic E-state index is -1.22. The van der Waals surface area contributed by atoms with Gasteiger partial charge in [-0.15, -0.1) is 0 Å². The fourth-order valence-electron chi connectivity index (χ4n) is 1.72. The number of Topliss-reactive ketones (excluding diaryl/α,β-unsaturated/α-hetero) is 1. The van der Waals surface area contributed by atoms with E-state index < -0.39 is 11.5 Å². The second-order valence-corrected chi connectivity index (χ2v) is 4.41. The number of esters is 1. The Morgan fingerprint density at radius 1 is 1.42 bits per heavy atom. The molecule has 19 heavy (non-hydrogen) atoms. The molecule has 0 amide bonds. The molecule has 0 spiro atoms. The zero-order valence-corrected chi connectivity index (χ0v) is 10.9. The Morgan fingerprint density at radius 3 is 2.74 bits per heavy atom. The molecule has 0 N–H and O–H groups in total. The maximum absolute atomic E-state index is 12.2. The van der Waals surface area contributed by atoms with Gasteiger partial charge in [0, 0.05) is 19.3 Å². The number of ether oxygens (including phenoxy) is 1. The first-order chi connectivity index (χ1) is 9.04. The van der Waals surface area contributed by atoms with Gasteiger partial charge in [0.15, 0.2) is 12.1 Å². The Labute approximate surface area is 115 Å². The van der Waals surface area contributed by atoms with Gasteiger partial charge in [0.25, 0.3) is 0 Å². The molecule has 1 atom stereocenters. The zero-order valence-electron chi connectivity index (χ0n) is 10.2. The molecule has 98 valence electrons. The van der Waals surface area contributed by atoms with Gasteiger partial charge in [-0.2, -0.15) is 0 Å². The maximum Gasteiger partial charge on any atom is 0.303 e. The first kappa shape index (κ1) is 13.4. The average Bonchev–Trinajstić information content (AvgIpc) is 2.87. The summed E-state index contributed by atoms with van der Waals surface area (Å²) in [6, 6.07) is 3.26. The number of pyridine rings is 1. The summed E-state index contributed by atoms with van der Waals surface area (Å²) in [5.41, 5.74) is -0.779. The highest BCUT2D eigenvalue weighted by atomic mass is 35.5. The predicted molar refractivity (Wildman–Crippen MR) is 70.2 cm³/mol. The van der Waals surface area contributed by atoms with Crippen LogP contribution in [0.5, 0.6) is 0 Å². The monoisotopic (exact) mass is 278 g/mol. The Balaban J connectivity index is 2.31. The molecule has 0 saturated heterocycles. The van der Waals surface area contributed by atoms with Crippen LogP contribution in [-0.4, -0.2) is 29.6 Å². The largest absolute Gasteiger partial charge is 0.458 e. The molecule has 0 aliphatic carbocycles. The number of aromatic nitrogens is 1. The van der Waals surface area contributed by atoms with Crippen LogP contribution in [0.1, 0.15) is 12.6 Å². The lowest BCUT2D eigenvalue weighted by molar-refractivity contribution is -0.146. The third kappa shape index (κ3) is 2.71. The van der Waals surface area contributed by atoms with Gasteiger partial charge in [-0.05, 0) is 24.3 Å². The van der Waals surface area contributed by atoms with Crippen LogP contribution in [-0.2, 0) is 19.9 Å². The number of hydrogen-bond acceptors (Lipinski definition) is 5. The molecule has 1 aromatic rings. The van der Waals surface area contributed by atoms with Gasteiger partial charge in [-0.1, -0.05) is 11.6 Å². The van der Waals surface area contributed by atoms with Crippen molar-refractivity contribution in [3.63, 3.8) is 0 Å². The van der Waals surface area contributed by atoms with Crippen LogP contribution >= 0.6 is 11.6 Å². The summed E-state index contributed by atoms with van der Waals surface area (Å²) in [5, 5.41) is 0.470. The van der Waals surface area contributed by atoms with Crippen molar-refractivity contribution in [2.45, 2.75) is 12.5 Å². The lowest BCUT2D eigenvalue weighted by Crippen LogP contribution is -2.35. The van der Waals surface area contributed by atoms with Gasteiger partial charge in [0.1, 0.15) is 0 Å². The first-order valence-electron chi connectivity index (χ1n) is 5.56. The third-order valence-corrected chi connectivity index (χ3v) is 2.87. The smallest absolute Gasteiger partial charge is 0.303 e. The van der Waals surface area contributed by atoms with Crippen LogP contribution < -0.4 is 0 Å². The molecule has 1 aliphatic heterocycles. The molecule has 5 nitrogen and oxygen atoms in total. The zero-order chi connectivity index (χ0) is 13.9. The molecule has 1 aliphatic rings. The summed E-state index contributed by atoms with van der Waals surface area (Å²) < 4.78 is 4.74. The molecule has 0 radical (unpaired) electrons. The van der Waals surface area contributed by atoms with Crippen molar-refractivity contribution in [3.8, 4) is 0 Å². The lowest BCUT2D eigenvalue weighted by atomic mass is 9.91. The highest BCUT2D eigenvalue weighted by Gasteiger charge is 2.40. The van der Waals surface area contributed by atoms with E-state index in [1.807, 2.05) is 0 Å². The Bertz CT molecular complexity index is 552. The molecule has 0 aromatic carbocycles. The summed E-state index contributed by atoms with van der Waals surface area (Å²) in [6.07, 6.45) is 6.23. The molecule has 2 rings (SSSR count). The van der Waals surface area contributed by atoms with Gasteiger partial charge >= 0.3 is 5.97 Å². The van der Waals surface area contributed by atoms with Crippen molar-refractivity contribution >= 4 is 29.6 Å². The summed E-state index contributed by atoms with van der Waals surface area (Å²) in [4.78, 5) is 31.3. The van der Waals surface area contributed by atoms with Crippen LogP contribution in [0.4, 0.5) is 0 Å². The van der Waals surface area contributed by atoms with E-state index in [-0.39, 0.29) is 12.4 Å². The standard InChI is InChI=1S/C13H11ClN2O3/c1-9(17)19-8-12(18)13(5-2-6-16-13)11-4-3-10(14)7-15-11/h2-7H,8H2,1H3. The fraction of sp³-hybridized carbons (Fsp3) is 0.231. The van der Waals surface area contributed by atoms with Gasteiger partial charge in [-0.25, -0.2) is 0 Å². The molecule has 0 fully saturated rings. The van der Waals surface area contributed by atoms with Crippen LogP contribution in [0.3, 0.4) is 0 Å². The van der Waals surface area contributed by atoms with Crippen molar-refractivity contribution in [1.82, 2.24) is 4.98 Å². The number of carbonyl (C=O) groups is 2. The number of rotatable bonds is 4. The third-order valence-electron chi connectivity index (χ3n) is 2.65. The van der Waals surface area contributed by atoms with Crippen molar-refractivity contribution in [1.29, 1.82) is 0 Å². The minimum Gasteiger partial charge on any atom is -0.458 e. The normalized spacial score (nSPS) is 20.5. The second kappa shape index (κ2) is 5.32. The summed E-state index contributed by atoms with van der Waals surface area (Å²) in [7, 11) is 0. The van der Waals surface area contributed by atoms with Crippen molar-refractivity contribution < 1.29 is 14.3 Å². The predicted octanol–water partition coefficient (Wildman–Crippen LogP) is 1.70. The van der Waals surface area contributed by atoms with Crippen molar-refractivity contribution in [2.24, 2.45) is 4.99 Å². The molecule has 2 heterocycles. The summed E-state index contributed by atoms with van der Waals surface area (Å²) in [6.45, 7) is 0.898. The quantitative estimate of drug-likeness (QED) is 0.786. The van der Waals surface area contributed by atoms with E-state index in [0.29, 0.717) is 10.7 Å². The minimum absolute atomic E-state index is 0.346. The van der Waals surface area contributed by atoms with E-state index in [9.17, 15) is 9.59 Å². The van der Waals surface area contributed by atoms with Crippen LogP contribution in [0.25, 0.3) is 0 Å². The summed E-state index contributed by atoms with van der Waals surface area (Å²) in [5.74, 6) is -0.874. The topological polar surface area (TPSA) is 68.6 Å². The molecular weight excluding hydrogens is 268 g/mol. The average molecular weight is 279 g/mol. The van der Waals surface area contributed by atoms with E-state index in [1.165, 1.54) is 19.3 Å². The van der Waals surface area contributed by atoms with E-state index in [1.54, 1.807) is 24.3 Å². The number of nitrogens with zero attached hydrogens (tertiary/aromatic N) is 2. The van der Waals surface area contributed by atoms with Gasteiger partial charge < -0.3 is 4.74 Å². The molecular formula is C13H11ClN2O3. The maximum atomic E-state index is 12.2. The number of hydrogen-bond donors (Lipinski definition) is 0. The molecule has 1 unspecified atom stereocenters. The van der Waals surface area contributed by atoms with E-state index in [2.05, 4.69) is 9.98 Å². The molecule has 0 bridgehead atoms. The highest BCUT2D eigenvalue weighted by molar-refractivity contribution is 6.30. The van der Waals surface area contributed by atoms with Crippen molar-refractivity contribution in [3.05, 3.63) is 41.2 Å². The number of ketones is 1. The number of allylic oxidation sites excluding steroid dienone is 1. The number of halogens is 1. The van der Waals surface area contributed by atoms with Crippen LogP contribution in [0.15, 0.2) is 35.5 Å². The number of carbonyl (C=O) groups excluding carboxylic acids is 2. The molecule has 0 saturated carbocycles. The Kier molecular flexibility index (Phi) is 3.76. The fourth-order valence-corrected chi connectivity index (χ4v) is 1.84. The second-order valence-electron chi connectivity index (χ2n) is 3.97. The highest BCUT2D eigenvalue weighted by Crippen LogP contribution is 2.30. The van der Waals surface area contributed by atoms with E-state index in [4.69, 9.17) is 16.3 Å². The first-order valence-corrected chi connectivity index (χ1v) is 5.94. The Hall–Kier alpha value is -2.01. The Morgan fingerprint density at radius 2 is 2.21 bits per heavy atom. The van der Waals surface area contributed by atoms with Crippen LogP contribution in [0.2, 0.25) is 5.02 Å². The van der Waals surface area contributed by atoms with E-state index in [0.717, 1.165) is 0 Å². The number of aliphatic imine (C=N–C) groups is 1. The van der Waals surface area contributed by atoms with Gasteiger partial charge in [-0.3, -0.25) is 19.6 Å². The lowest BCUT2D eigenvalue weighted by Gasteiger charge is -2.21. The summed E-state index contributed by atoms with van der Waals surface area (Å²) >= 11 is 5.77. The molecule has 6 heteroatoms.